The Bertz CT molecular complexity index is 309. The normalized spacial score (nSPS) is 22.5. The zero-order valence-corrected chi connectivity index (χ0v) is 10.3. The van der Waals surface area contributed by atoms with Crippen LogP contribution in [0.1, 0.15) is 27.2 Å². The molecule has 98 valence electrons. The van der Waals surface area contributed by atoms with E-state index in [4.69, 9.17) is 9.84 Å². The highest BCUT2D eigenvalue weighted by atomic mass is 16.5. The lowest BCUT2D eigenvalue weighted by Gasteiger charge is -2.29. The van der Waals surface area contributed by atoms with Crippen LogP contribution in [0.2, 0.25) is 0 Å². The molecule has 0 aromatic rings. The minimum atomic E-state index is -1.24. The molecule has 1 rings (SSSR count). The molecule has 1 amide bonds. The van der Waals surface area contributed by atoms with Crippen LogP contribution < -0.4 is 5.11 Å². The van der Waals surface area contributed by atoms with Gasteiger partial charge in [0.2, 0.25) is 0 Å². The number of hydrogen-bond donors (Lipinski definition) is 1. The number of hydrogen-bond acceptors (Lipinski definition) is 4. The molecule has 1 saturated heterocycles. The summed E-state index contributed by atoms with van der Waals surface area (Å²) in [6, 6.07) is 0. The van der Waals surface area contributed by atoms with Crippen molar-refractivity contribution in [2.45, 2.75) is 39.4 Å². The molecule has 1 N–H and O–H groups in total. The van der Waals surface area contributed by atoms with Crippen molar-refractivity contribution < 1.29 is 24.5 Å². The lowest BCUT2D eigenvalue weighted by molar-refractivity contribution is -0.264. The van der Waals surface area contributed by atoms with E-state index >= 15 is 0 Å². The SMILES string of the molecule is CC(C)(C)C(OC1CCN(C(=O)[O-])C1)C(=O)O. The summed E-state index contributed by atoms with van der Waals surface area (Å²) < 4.78 is 5.49. The first-order chi connectivity index (χ1) is 7.71. The smallest absolute Gasteiger partial charge is 0.333 e. The lowest BCUT2D eigenvalue weighted by atomic mass is 9.89. The molecule has 6 nitrogen and oxygen atoms in total. The highest BCUT2D eigenvalue weighted by Gasteiger charge is 2.36. The minimum Gasteiger partial charge on any atom is -0.530 e. The first-order valence-corrected chi connectivity index (χ1v) is 5.56. The molecule has 2 atom stereocenters. The Labute approximate surface area is 100 Å². The summed E-state index contributed by atoms with van der Waals surface area (Å²) in [5.74, 6) is -1.02. The number of nitrogens with zero attached hydrogens (tertiary/aromatic N) is 1. The van der Waals surface area contributed by atoms with Gasteiger partial charge in [-0.15, -0.1) is 0 Å². The molecule has 2 unspecified atom stereocenters. The van der Waals surface area contributed by atoms with Gasteiger partial charge in [-0.25, -0.2) is 4.79 Å². The van der Waals surface area contributed by atoms with Crippen LogP contribution in [0.25, 0.3) is 0 Å². The van der Waals surface area contributed by atoms with Crippen molar-refractivity contribution >= 4 is 12.1 Å². The molecule has 0 aliphatic carbocycles. The summed E-state index contributed by atoms with van der Waals surface area (Å²) >= 11 is 0. The number of carbonyl (C=O) groups excluding carboxylic acids is 1. The molecule has 1 fully saturated rings. The summed E-state index contributed by atoms with van der Waals surface area (Å²) in [5, 5.41) is 19.7. The Balaban J connectivity index is 2.59. The third-order valence-corrected chi connectivity index (χ3v) is 2.74. The van der Waals surface area contributed by atoms with E-state index in [9.17, 15) is 14.7 Å². The van der Waals surface area contributed by atoms with Crippen molar-refractivity contribution in [3.8, 4) is 0 Å². The molecule has 0 aromatic carbocycles. The van der Waals surface area contributed by atoms with Crippen molar-refractivity contribution in [1.29, 1.82) is 0 Å². The second-order valence-electron chi connectivity index (χ2n) is 5.34. The van der Waals surface area contributed by atoms with Crippen LogP contribution in [0.15, 0.2) is 0 Å². The van der Waals surface area contributed by atoms with Gasteiger partial charge in [0, 0.05) is 13.1 Å². The fourth-order valence-corrected chi connectivity index (χ4v) is 1.83. The Morgan fingerprint density at radius 1 is 1.47 bits per heavy atom. The molecule has 0 bridgehead atoms. The number of carboxylic acid groups (broad SMARTS) is 2. The average molecular weight is 244 g/mol. The molecule has 0 saturated carbocycles. The Kier molecular flexibility index (Phi) is 3.98. The predicted molar refractivity (Wildman–Crippen MR) is 57.3 cm³/mol. The second-order valence-corrected chi connectivity index (χ2v) is 5.34. The van der Waals surface area contributed by atoms with Gasteiger partial charge in [-0.2, -0.15) is 0 Å². The summed E-state index contributed by atoms with van der Waals surface area (Å²) in [4.78, 5) is 22.8. The van der Waals surface area contributed by atoms with E-state index in [0.29, 0.717) is 13.0 Å². The molecule has 17 heavy (non-hydrogen) atoms. The number of aliphatic carboxylic acids is 1. The molecular weight excluding hydrogens is 226 g/mol. The fraction of sp³-hybridized carbons (Fsp3) is 0.818. The third-order valence-electron chi connectivity index (χ3n) is 2.74. The highest BCUT2D eigenvalue weighted by molar-refractivity contribution is 5.73. The maximum Gasteiger partial charge on any atom is 0.333 e. The lowest BCUT2D eigenvalue weighted by Crippen LogP contribution is -2.43. The molecule has 1 aliphatic heterocycles. The van der Waals surface area contributed by atoms with E-state index in [1.54, 1.807) is 20.8 Å². The maximum absolute atomic E-state index is 11.1. The number of amides is 1. The summed E-state index contributed by atoms with van der Waals surface area (Å²) in [7, 11) is 0. The highest BCUT2D eigenvalue weighted by Crippen LogP contribution is 2.26. The molecular formula is C11H18NO5-. The van der Waals surface area contributed by atoms with Crippen LogP contribution in [-0.2, 0) is 9.53 Å². The Hall–Kier alpha value is -1.30. The van der Waals surface area contributed by atoms with Gasteiger partial charge in [0.1, 0.15) is 6.09 Å². The predicted octanol–water partition coefficient (Wildman–Crippen LogP) is -0.0801. The topological polar surface area (TPSA) is 89.9 Å². The third kappa shape index (κ3) is 3.59. The number of rotatable bonds is 3. The van der Waals surface area contributed by atoms with E-state index in [0.717, 1.165) is 4.90 Å². The van der Waals surface area contributed by atoms with Crippen LogP contribution in [0.3, 0.4) is 0 Å². The summed E-state index contributed by atoms with van der Waals surface area (Å²) in [6.07, 6.45) is -2.03. The molecule has 0 spiro atoms. The first-order valence-electron chi connectivity index (χ1n) is 5.56. The summed E-state index contributed by atoms with van der Waals surface area (Å²) in [6.45, 7) is 5.84. The number of carboxylic acids is 1. The van der Waals surface area contributed by atoms with Crippen molar-refractivity contribution in [2.24, 2.45) is 5.41 Å². The first kappa shape index (κ1) is 13.8. The molecule has 0 radical (unpaired) electrons. The zero-order valence-electron chi connectivity index (χ0n) is 10.3. The van der Waals surface area contributed by atoms with Gasteiger partial charge >= 0.3 is 5.97 Å². The van der Waals surface area contributed by atoms with Crippen molar-refractivity contribution in [2.75, 3.05) is 13.1 Å². The van der Waals surface area contributed by atoms with Crippen molar-refractivity contribution in [1.82, 2.24) is 4.90 Å². The largest absolute Gasteiger partial charge is 0.530 e. The van der Waals surface area contributed by atoms with E-state index in [-0.39, 0.29) is 12.6 Å². The van der Waals surface area contributed by atoms with Gasteiger partial charge in [0.25, 0.3) is 0 Å². The molecule has 0 aromatic heterocycles. The average Bonchev–Trinajstić information content (AvgIpc) is 2.59. The van der Waals surface area contributed by atoms with Gasteiger partial charge in [-0.3, -0.25) is 0 Å². The zero-order chi connectivity index (χ0) is 13.2. The van der Waals surface area contributed by atoms with E-state index in [1.165, 1.54) is 0 Å². The van der Waals surface area contributed by atoms with Gasteiger partial charge in [0.15, 0.2) is 6.10 Å². The van der Waals surface area contributed by atoms with Crippen LogP contribution >= 0.6 is 0 Å². The van der Waals surface area contributed by atoms with Gasteiger partial charge < -0.3 is 24.6 Å². The van der Waals surface area contributed by atoms with Crippen molar-refractivity contribution in [3.63, 3.8) is 0 Å². The standard InChI is InChI=1S/C11H19NO5/c1-11(2,3)8(9(13)14)17-7-4-5-12(6-7)10(15)16/h7-8H,4-6H2,1-3H3,(H,13,14)(H,15,16)/p-1. The van der Waals surface area contributed by atoms with Crippen LogP contribution in [-0.4, -0.2) is 47.4 Å². The Morgan fingerprint density at radius 3 is 2.41 bits per heavy atom. The Morgan fingerprint density at radius 2 is 2.06 bits per heavy atom. The fourth-order valence-electron chi connectivity index (χ4n) is 1.83. The number of ether oxygens (including phenoxy) is 1. The maximum atomic E-state index is 11.1. The van der Waals surface area contributed by atoms with Crippen LogP contribution in [0.5, 0.6) is 0 Å². The van der Waals surface area contributed by atoms with Gasteiger partial charge in [-0.05, 0) is 11.8 Å². The van der Waals surface area contributed by atoms with Crippen molar-refractivity contribution in [3.05, 3.63) is 0 Å². The summed E-state index contributed by atoms with van der Waals surface area (Å²) in [5.41, 5.74) is -0.527. The van der Waals surface area contributed by atoms with Gasteiger partial charge in [0.05, 0.1) is 6.10 Å². The van der Waals surface area contributed by atoms with Crippen LogP contribution in [0.4, 0.5) is 4.79 Å². The monoisotopic (exact) mass is 244 g/mol. The minimum absolute atomic E-state index is 0.183. The van der Waals surface area contributed by atoms with E-state index < -0.39 is 23.6 Å². The number of carbonyl (C=O) groups is 2. The number of likely N-dealkylation sites (tertiary alicyclic amines) is 1. The molecule has 1 aliphatic rings. The van der Waals surface area contributed by atoms with E-state index in [1.807, 2.05) is 0 Å². The molecule has 1 heterocycles. The van der Waals surface area contributed by atoms with E-state index in [2.05, 4.69) is 0 Å². The quantitative estimate of drug-likeness (QED) is 0.750. The van der Waals surface area contributed by atoms with Crippen LogP contribution in [0, 0.1) is 5.41 Å². The second kappa shape index (κ2) is 4.91. The molecule has 6 heteroatoms. The van der Waals surface area contributed by atoms with Gasteiger partial charge in [-0.1, -0.05) is 20.8 Å².